The average molecular weight is 561 g/mol. The summed E-state index contributed by atoms with van der Waals surface area (Å²) in [7, 11) is 1.57. The van der Waals surface area contributed by atoms with Crippen LogP contribution in [-0.4, -0.2) is 56.8 Å². The van der Waals surface area contributed by atoms with E-state index in [0.29, 0.717) is 29.2 Å². The van der Waals surface area contributed by atoms with Gasteiger partial charge in [0.05, 0.1) is 31.8 Å². The number of aliphatic imine (C=N–C) groups is 1. The summed E-state index contributed by atoms with van der Waals surface area (Å²) in [5.74, 6) is -3.84. The van der Waals surface area contributed by atoms with E-state index in [0.717, 1.165) is 29.9 Å². The molecule has 8 heteroatoms. The molecule has 0 radical (unpaired) electrons. The molecule has 1 saturated carbocycles. The molecule has 8 nitrogen and oxygen atoms in total. The molecule has 2 aromatic carbocycles. The fourth-order valence-corrected chi connectivity index (χ4v) is 6.26. The Morgan fingerprint density at radius 2 is 1.59 bits per heavy atom. The first-order chi connectivity index (χ1) is 19.8. The summed E-state index contributed by atoms with van der Waals surface area (Å²) < 4.78 is 16.5. The number of Topliss-reactive ketones (excluding diaryl/α,β-unsaturated/α-hetero) is 1. The zero-order valence-corrected chi connectivity index (χ0v) is 24.8. The molecule has 218 valence electrons. The topological polar surface area (TPSA) is 94.5 Å². The molecule has 1 heterocycles. The van der Waals surface area contributed by atoms with E-state index >= 15 is 0 Å². The number of rotatable bonds is 10. The van der Waals surface area contributed by atoms with Crippen molar-refractivity contribution < 1.29 is 28.6 Å². The number of benzene rings is 2. The molecule has 0 amide bonds. The molecule has 2 aliphatic rings. The van der Waals surface area contributed by atoms with Crippen molar-refractivity contribution in [3.05, 3.63) is 70.9 Å². The van der Waals surface area contributed by atoms with Gasteiger partial charge in [0.25, 0.3) is 0 Å². The molecule has 0 saturated heterocycles. The number of fused-ring (bicyclic) bond motifs is 1. The van der Waals surface area contributed by atoms with E-state index in [-0.39, 0.29) is 19.0 Å². The van der Waals surface area contributed by atoms with E-state index in [9.17, 15) is 14.4 Å². The lowest BCUT2D eigenvalue weighted by Crippen LogP contribution is -2.48. The third-order valence-electron chi connectivity index (χ3n) is 8.10. The first-order valence-electron chi connectivity index (χ1n) is 14.4. The standard InChI is InChI=1S/C33H40N2O6/c1-7-35(8-2)22-17-15-21(16-18-22)28-27(32(37)40-9-3)20(5)34-25-19-24(23-13-11-12-14-26(23)39-6)29(31(36)30(25)28)33(38)41-10-4/h11-18,24,28-30H,7-10,19H2,1-6H3/t24-,28+,29+,30?/m1/s1. The van der Waals surface area contributed by atoms with Gasteiger partial charge in [0.15, 0.2) is 5.78 Å². The Labute approximate surface area is 242 Å². The fraction of sp³-hybridized carbons (Fsp3) is 0.455. The molecule has 1 aliphatic heterocycles. The van der Waals surface area contributed by atoms with Gasteiger partial charge in [-0.3, -0.25) is 14.6 Å². The van der Waals surface area contributed by atoms with Gasteiger partial charge in [-0.25, -0.2) is 4.79 Å². The summed E-state index contributed by atoms with van der Waals surface area (Å²) in [6.45, 7) is 11.5. The van der Waals surface area contributed by atoms with Gasteiger partial charge in [0.2, 0.25) is 0 Å². The second-order valence-electron chi connectivity index (χ2n) is 10.2. The maximum Gasteiger partial charge on any atom is 0.336 e. The van der Waals surface area contributed by atoms with Crippen LogP contribution in [0.3, 0.4) is 0 Å². The number of hydrogen-bond acceptors (Lipinski definition) is 8. The van der Waals surface area contributed by atoms with Crippen molar-refractivity contribution in [3.63, 3.8) is 0 Å². The largest absolute Gasteiger partial charge is 0.496 e. The summed E-state index contributed by atoms with van der Waals surface area (Å²) in [6, 6.07) is 15.4. The van der Waals surface area contributed by atoms with Crippen molar-refractivity contribution >= 4 is 29.1 Å². The lowest BCUT2D eigenvalue weighted by molar-refractivity contribution is -0.153. The Balaban J connectivity index is 1.88. The first-order valence-corrected chi connectivity index (χ1v) is 14.4. The Bertz CT molecular complexity index is 1340. The lowest BCUT2D eigenvalue weighted by Gasteiger charge is -2.41. The number of anilines is 1. The second-order valence-corrected chi connectivity index (χ2v) is 10.2. The molecular weight excluding hydrogens is 520 g/mol. The third-order valence-corrected chi connectivity index (χ3v) is 8.10. The number of carbonyl (C=O) groups is 3. The van der Waals surface area contributed by atoms with Gasteiger partial charge in [-0.2, -0.15) is 0 Å². The van der Waals surface area contributed by atoms with Crippen molar-refractivity contribution in [2.24, 2.45) is 16.8 Å². The van der Waals surface area contributed by atoms with E-state index in [1.165, 1.54) is 0 Å². The maximum absolute atomic E-state index is 14.5. The number of ketones is 1. The third kappa shape index (κ3) is 5.78. The Kier molecular flexibility index (Phi) is 9.63. The molecule has 1 aliphatic carbocycles. The molecular formula is C33H40N2O6. The fourth-order valence-electron chi connectivity index (χ4n) is 6.26. The molecule has 2 aromatic rings. The predicted octanol–water partition coefficient (Wildman–Crippen LogP) is 5.47. The molecule has 0 spiro atoms. The van der Waals surface area contributed by atoms with Crippen molar-refractivity contribution in [2.45, 2.75) is 52.9 Å². The van der Waals surface area contributed by atoms with Crippen molar-refractivity contribution in [2.75, 3.05) is 38.3 Å². The Hall–Kier alpha value is -3.94. The van der Waals surface area contributed by atoms with Crippen LogP contribution in [0.1, 0.15) is 64.0 Å². The van der Waals surface area contributed by atoms with Gasteiger partial charge in [-0.15, -0.1) is 0 Å². The predicted molar refractivity (Wildman–Crippen MR) is 158 cm³/mol. The van der Waals surface area contributed by atoms with Gasteiger partial charge < -0.3 is 19.1 Å². The number of allylic oxidation sites excluding steroid dienone is 1. The van der Waals surface area contributed by atoms with Crippen molar-refractivity contribution in [1.29, 1.82) is 0 Å². The average Bonchev–Trinajstić information content (AvgIpc) is 2.97. The van der Waals surface area contributed by atoms with Crippen molar-refractivity contribution in [1.82, 2.24) is 0 Å². The second kappa shape index (κ2) is 13.1. The van der Waals surface area contributed by atoms with Crippen LogP contribution in [0.5, 0.6) is 5.75 Å². The summed E-state index contributed by atoms with van der Waals surface area (Å²) in [4.78, 5) is 48.4. The molecule has 1 unspecified atom stereocenters. The first kappa shape index (κ1) is 30.0. The zero-order valence-electron chi connectivity index (χ0n) is 24.8. The highest BCUT2D eigenvalue weighted by atomic mass is 16.5. The number of nitrogens with zero attached hydrogens (tertiary/aromatic N) is 2. The van der Waals surface area contributed by atoms with Gasteiger partial charge in [0.1, 0.15) is 11.7 Å². The van der Waals surface area contributed by atoms with Crippen LogP contribution < -0.4 is 9.64 Å². The summed E-state index contributed by atoms with van der Waals surface area (Å²) in [5.41, 5.74) is 4.12. The van der Waals surface area contributed by atoms with E-state index < -0.39 is 35.6 Å². The highest BCUT2D eigenvalue weighted by Crippen LogP contribution is 2.49. The van der Waals surface area contributed by atoms with Gasteiger partial charge in [-0.05, 0) is 70.4 Å². The van der Waals surface area contributed by atoms with Gasteiger partial charge in [0, 0.05) is 42.0 Å². The molecule has 1 fully saturated rings. The van der Waals surface area contributed by atoms with Crippen LogP contribution >= 0.6 is 0 Å². The number of ether oxygens (including phenoxy) is 3. The molecule has 0 N–H and O–H groups in total. The normalized spacial score (nSPS) is 22.0. The van der Waals surface area contributed by atoms with Crippen LogP contribution in [-0.2, 0) is 23.9 Å². The molecule has 41 heavy (non-hydrogen) atoms. The summed E-state index contributed by atoms with van der Waals surface area (Å²) >= 11 is 0. The minimum Gasteiger partial charge on any atom is -0.496 e. The Morgan fingerprint density at radius 3 is 2.20 bits per heavy atom. The zero-order chi connectivity index (χ0) is 29.7. The molecule has 4 atom stereocenters. The number of carbonyl (C=O) groups excluding carboxylic acids is 3. The highest BCUT2D eigenvalue weighted by molar-refractivity contribution is 6.18. The van der Waals surface area contributed by atoms with E-state index in [1.54, 1.807) is 27.9 Å². The molecule has 0 bridgehead atoms. The number of para-hydroxylation sites is 1. The van der Waals surface area contributed by atoms with E-state index in [4.69, 9.17) is 19.2 Å². The van der Waals surface area contributed by atoms with Crippen LogP contribution in [0.15, 0.2) is 64.8 Å². The number of methoxy groups -OCH3 is 1. The smallest absolute Gasteiger partial charge is 0.336 e. The SMILES string of the molecule is CCOC(=O)C1=C(C)N=C2C[C@H](c3ccccc3OC)[C@H](C(=O)OCC)C(=O)C2[C@H]1c1ccc(N(CC)CC)cc1. The summed E-state index contributed by atoms with van der Waals surface area (Å²) in [5, 5.41) is 0. The highest BCUT2D eigenvalue weighted by Gasteiger charge is 2.53. The molecule has 0 aromatic heterocycles. The van der Waals surface area contributed by atoms with E-state index in [2.05, 4.69) is 18.7 Å². The lowest BCUT2D eigenvalue weighted by atomic mass is 9.62. The number of hydrogen-bond donors (Lipinski definition) is 0. The van der Waals surface area contributed by atoms with Crippen molar-refractivity contribution in [3.8, 4) is 5.75 Å². The Morgan fingerprint density at radius 1 is 0.927 bits per heavy atom. The molecule has 4 rings (SSSR count). The monoisotopic (exact) mass is 560 g/mol. The maximum atomic E-state index is 14.5. The minimum atomic E-state index is -1.07. The van der Waals surface area contributed by atoms with Gasteiger partial charge in [-0.1, -0.05) is 30.3 Å². The van der Waals surface area contributed by atoms with Crippen LogP contribution in [0.2, 0.25) is 0 Å². The minimum absolute atomic E-state index is 0.149. The van der Waals surface area contributed by atoms with E-state index in [1.807, 2.05) is 48.5 Å². The van der Waals surface area contributed by atoms with Crippen LogP contribution in [0.4, 0.5) is 5.69 Å². The van der Waals surface area contributed by atoms with Crippen LogP contribution in [0.25, 0.3) is 0 Å². The summed E-state index contributed by atoms with van der Waals surface area (Å²) in [6.07, 6.45) is 0.349. The van der Waals surface area contributed by atoms with Gasteiger partial charge >= 0.3 is 11.9 Å². The number of esters is 2. The quantitative estimate of drug-likeness (QED) is 0.281. The van der Waals surface area contributed by atoms with Crippen LogP contribution in [0, 0.1) is 11.8 Å².